The Bertz CT molecular complexity index is 283. The molecule has 0 bridgehead atoms. The molecule has 1 aromatic heterocycles. The fourth-order valence-electron chi connectivity index (χ4n) is 1.43. The van der Waals surface area contributed by atoms with E-state index in [0.29, 0.717) is 6.04 Å². The molecule has 2 nitrogen and oxygen atoms in total. The highest BCUT2D eigenvalue weighted by atomic mass is 32.1. The van der Waals surface area contributed by atoms with E-state index in [-0.39, 0.29) is 0 Å². The van der Waals surface area contributed by atoms with Crippen LogP contribution in [-0.2, 0) is 0 Å². The Morgan fingerprint density at radius 2 is 2.13 bits per heavy atom. The van der Waals surface area contributed by atoms with Crippen LogP contribution >= 0.6 is 11.3 Å². The van der Waals surface area contributed by atoms with Crippen molar-refractivity contribution in [1.29, 1.82) is 0 Å². The van der Waals surface area contributed by atoms with Crippen LogP contribution in [0.4, 0.5) is 0 Å². The molecule has 3 heteroatoms. The summed E-state index contributed by atoms with van der Waals surface area (Å²) in [7, 11) is 0. The molecule has 0 saturated heterocycles. The van der Waals surface area contributed by atoms with Crippen molar-refractivity contribution in [3.8, 4) is 0 Å². The van der Waals surface area contributed by atoms with Crippen LogP contribution in [0.25, 0.3) is 0 Å². The number of thiazole rings is 1. The molecule has 1 heterocycles. The van der Waals surface area contributed by atoms with E-state index in [2.05, 4.69) is 43.4 Å². The van der Waals surface area contributed by atoms with E-state index in [4.69, 9.17) is 0 Å². The van der Waals surface area contributed by atoms with Gasteiger partial charge in [-0.15, -0.1) is 11.3 Å². The third-order valence-electron chi connectivity index (χ3n) is 2.75. The highest BCUT2D eigenvalue weighted by Gasteiger charge is 2.12. The van der Waals surface area contributed by atoms with Crippen molar-refractivity contribution in [3.63, 3.8) is 0 Å². The number of aryl methyl sites for hydroxylation is 1. The van der Waals surface area contributed by atoms with E-state index in [1.54, 1.807) is 11.3 Å². The first-order valence-corrected chi connectivity index (χ1v) is 6.70. The molecule has 0 spiro atoms. The molecule has 1 rings (SSSR count). The molecule has 2 unspecified atom stereocenters. The Labute approximate surface area is 97.1 Å². The molecular formula is C12H22N2S. The van der Waals surface area contributed by atoms with Crippen molar-refractivity contribution in [3.05, 3.63) is 16.1 Å². The number of hydrogen-bond donors (Lipinski definition) is 1. The first-order chi connectivity index (χ1) is 7.17. The average Bonchev–Trinajstić information content (AvgIpc) is 2.65. The van der Waals surface area contributed by atoms with Gasteiger partial charge in [-0.3, -0.25) is 0 Å². The summed E-state index contributed by atoms with van der Waals surface area (Å²) in [4.78, 5) is 4.54. The zero-order valence-electron chi connectivity index (χ0n) is 10.2. The Morgan fingerprint density at radius 3 is 2.60 bits per heavy atom. The van der Waals surface area contributed by atoms with E-state index >= 15 is 0 Å². The molecule has 0 aliphatic heterocycles. The first-order valence-electron chi connectivity index (χ1n) is 5.82. The molecule has 86 valence electrons. The zero-order chi connectivity index (χ0) is 11.3. The lowest BCUT2D eigenvalue weighted by Crippen LogP contribution is -2.25. The van der Waals surface area contributed by atoms with Gasteiger partial charge in [-0.2, -0.15) is 0 Å². The molecule has 1 N–H and O–H groups in total. The minimum absolute atomic E-state index is 0.442. The molecule has 0 amide bonds. The second-order valence-electron chi connectivity index (χ2n) is 4.21. The third kappa shape index (κ3) is 3.92. The molecule has 0 aromatic carbocycles. The van der Waals surface area contributed by atoms with Gasteiger partial charge in [0.25, 0.3) is 0 Å². The van der Waals surface area contributed by atoms with E-state index in [0.717, 1.165) is 24.6 Å². The SMILES string of the molecule is CCC(C)CNC(CC)c1nc(C)cs1. The Hall–Kier alpha value is -0.410. The summed E-state index contributed by atoms with van der Waals surface area (Å²) >= 11 is 1.77. The molecule has 0 fully saturated rings. The van der Waals surface area contributed by atoms with Gasteiger partial charge in [-0.1, -0.05) is 27.2 Å². The maximum atomic E-state index is 4.54. The number of rotatable bonds is 6. The second kappa shape index (κ2) is 6.23. The van der Waals surface area contributed by atoms with Crippen LogP contribution in [0.1, 0.15) is 50.4 Å². The largest absolute Gasteiger partial charge is 0.308 e. The molecular weight excluding hydrogens is 204 g/mol. The molecule has 0 aliphatic carbocycles. The quantitative estimate of drug-likeness (QED) is 0.802. The van der Waals surface area contributed by atoms with Gasteiger partial charge in [0.2, 0.25) is 0 Å². The lowest BCUT2D eigenvalue weighted by molar-refractivity contribution is 0.436. The highest BCUT2D eigenvalue weighted by molar-refractivity contribution is 7.09. The van der Waals surface area contributed by atoms with Crippen LogP contribution in [0, 0.1) is 12.8 Å². The molecule has 0 radical (unpaired) electrons. The van der Waals surface area contributed by atoms with Crippen LogP contribution in [0.15, 0.2) is 5.38 Å². The highest BCUT2D eigenvalue weighted by Crippen LogP contribution is 2.21. The van der Waals surface area contributed by atoms with Crippen LogP contribution in [0.3, 0.4) is 0 Å². The van der Waals surface area contributed by atoms with E-state index in [1.165, 1.54) is 11.4 Å². The summed E-state index contributed by atoms with van der Waals surface area (Å²) in [5, 5.41) is 6.96. The summed E-state index contributed by atoms with van der Waals surface area (Å²) in [6.45, 7) is 9.88. The number of aromatic nitrogens is 1. The standard InChI is InChI=1S/C12H22N2S/c1-5-9(3)7-13-11(6-2)12-14-10(4)8-15-12/h8-9,11,13H,5-7H2,1-4H3. The van der Waals surface area contributed by atoms with Crippen molar-refractivity contribution >= 4 is 11.3 Å². The number of nitrogens with zero attached hydrogens (tertiary/aromatic N) is 1. The molecule has 0 aliphatic rings. The minimum Gasteiger partial charge on any atom is -0.308 e. The Balaban J connectivity index is 2.49. The molecule has 1 aromatic rings. The maximum Gasteiger partial charge on any atom is 0.110 e. The fourth-order valence-corrected chi connectivity index (χ4v) is 2.38. The molecule has 2 atom stereocenters. The van der Waals surface area contributed by atoms with Gasteiger partial charge in [0.15, 0.2) is 0 Å². The lowest BCUT2D eigenvalue weighted by atomic mass is 10.1. The Morgan fingerprint density at radius 1 is 1.40 bits per heavy atom. The minimum atomic E-state index is 0.442. The van der Waals surface area contributed by atoms with Gasteiger partial charge < -0.3 is 5.32 Å². The van der Waals surface area contributed by atoms with Gasteiger partial charge in [-0.25, -0.2) is 4.98 Å². The summed E-state index contributed by atoms with van der Waals surface area (Å²) < 4.78 is 0. The predicted molar refractivity (Wildman–Crippen MR) is 67.3 cm³/mol. The van der Waals surface area contributed by atoms with Crippen molar-refractivity contribution in [2.24, 2.45) is 5.92 Å². The lowest BCUT2D eigenvalue weighted by Gasteiger charge is -2.17. The van der Waals surface area contributed by atoms with Gasteiger partial charge in [-0.05, 0) is 25.8 Å². The van der Waals surface area contributed by atoms with Gasteiger partial charge in [0.1, 0.15) is 5.01 Å². The van der Waals surface area contributed by atoms with Gasteiger partial charge in [0.05, 0.1) is 6.04 Å². The van der Waals surface area contributed by atoms with Crippen LogP contribution < -0.4 is 5.32 Å². The van der Waals surface area contributed by atoms with Crippen LogP contribution in [-0.4, -0.2) is 11.5 Å². The number of hydrogen-bond acceptors (Lipinski definition) is 3. The average molecular weight is 226 g/mol. The topological polar surface area (TPSA) is 24.9 Å². The van der Waals surface area contributed by atoms with Crippen LogP contribution in [0.5, 0.6) is 0 Å². The zero-order valence-corrected chi connectivity index (χ0v) is 11.0. The van der Waals surface area contributed by atoms with Gasteiger partial charge in [0, 0.05) is 11.1 Å². The van der Waals surface area contributed by atoms with E-state index < -0.39 is 0 Å². The third-order valence-corrected chi connectivity index (χ3v) is 3.83. The molecule has 0 saturated carbocycles. The Kier molecular flexibility index (Phi) is 5.26. The second-order valence-corrected chi connectivity index (χ2v) is 5.10. The van der Waals surface area contributed by atoms with Crippen molar-refractivity contribution < 1.29 is 0 Å². The van der Waals surface area contributed by atoms with Crippen molar-refractivity contribution in [2.45, 2.75) is 46.6 Å². The van der Waals surface area contributed by atoms with E-state index in [9.17, 15) is 0 Å². The maximum absolute atomic E-state index is 4.54. The summed E-state index contributed by atoms with van der Waals surface area (Å²) in [6, 6.07) is 0.442. The van der Waals surface area contributed by atoms with Crippen molar-refractivity contribution in [2.75, 3.05) is 6.54 Å². The fraction of sp³-hybridized carbons (Fsp3) is 0.750. The normalized spacial score (nSPS) is 15.2. The molecule has 15 heavy (non-hydrogen) atoms. The van der Waals surface area contributed by atoms with Gasteiger partial charge >= 0.3 is 0 Å². The summed E-state index contributed by atoms with van der Waals surface area (Å²) in [5.41, 5.74) is 1.14. The van der Waals surface area contributed by atoms with Crippen LogP contribution in [0.2, 0.25) is 0 Å². The first kappa shape index (κ1) is 12.7. The summed E-state index contributed by atoms with van der Waals surface area (Å²) in [6.07, 6.45) is 2.35. The van der Waals surface area contributed by atoms with Crippen molar-refractivity contribution in [1.82, 2.24) is 10.3 Å². The smallest absolute Gasteiger partial charge is 0.110 e. The predicted octanol–water partition coefficient (Wildman–Crippen LogP) is 3.54. The van der Waals surface area contributed by atoms with E-state index in [1.807, 2.05) is 0 Å². The number of nitrogens with one attached hydrogen (secondary N) is 1. The summed E-state index contributed by atoms with van der Waals surface area (Å²) in [5.74, 6) is 0.750. The monoisotopic (exact) mass is 226 g/mol.